The summed E-state index contributed by atoms with van der Waals surface area (Å²) < 4.78 is 0. The lowest BCUT2D eigenvalue weighted by Crippen LogP contribution is -2.42. The number of aliphatic hydroxyl groups excluding tert-OH is 2. The van der Waals surface area contributed by atoms with Crippen molar-refractivity contribution in [2.24, 2.45) is 21.7 Å². The zero-order chi connectivity index (χ0) is 22.4. The summed E-state index contributed by atoms with van der Waals surface area (Å²) in [6.07, 6.45) is 4.85. The second-order valence-corrected chi connectivity index (χ2v) is 11.5. The Bertz CT molecular complexity index is 515. The second-order valence-electron chi connectivity index (χ2n) is 11.5. The fourth-order valence-electron chi connectivity index (χ4n) is 4.02. The number of hydrogen-bond acceptors (Lipinski definition) is 4. The largest absolute Gasteiger partial charge is 0.481 e. The van der Waals surface area contributed by atoms with Gasteiger partial charge in [-0.15, -0.1) is 0 Å². The van der Waals surface area contributed by atoms with Gasteiger partial charge in [0.15, 0.2) is 0 Å². The van der Waals surface area contributed by atoms with Gasteiger partial charge in [-0.3, -0.25) is 4.79 Å². The minimum atomic E-state index is -0.875. The average molecular weight is 400 g/mol. The quantitative estimate of drug-likeness (QED) is 0.291. The van der Waals surface area contributed by atoms with Gasteiger partial charge >= 0.3 is 5.97 Å². The summed E-state index contributed by atoms with van der Waals surface area (Å²) in [7, 11) is 0. The molecule has 5 nitrogen and oxygen atoms in total. The first-order valence-corrected chi connectivity index (χ1v) is 10.4. The third-order valence-electron chi connectivity index (χ3n) is 5.39. The molecular formula is C23H45NO4. The predicted molar refractivity (Wildman–Crippen MR) is 116 cm³/mol. The molecule has 0 aliphatic carbocycles. The Morgan fingerprint density at radius 2 is 1.36 bits per heavy atom. The van der Waals surface area contributed by atoms with Gasteiger partial charge in [0.25, 0.3) is 0 Å². The molecule has 0 aliphatic rings. The van der Waals surface area contributed by atoms with E-state index in [0.29, 0.717) is 25.9 Å². The SMILES string of the molecule is CC(C)(C)CC(C)(C)C(O)C/C=C\CNCC(O)C(C)(C)CC(C)(C)C(=O)O. The maximum Gasteiger partial charge on any atom is 0.309 e. The summed E-state index contributed by atoms with van der Waals surface area (Å²) in [5.41, 5.74) is -1.35. The molecule has 5 heteroatoms. The van der Waals surface area contributed by atoms with E-state index in [1.54, 1.807) is 13.8 Å². The van der Waals surface area contributed by atoms with Crippen LogP contribution in [0.2, 0.25) is 0 Å². The Kier molecular flexibility index (Phi) is 9.89. The number of nitrogens with one attached hydrogen (secondary N) is 1. The molecule has 0 aliphatic heterocycles. The summed E-state index contributed by atoms with van der Waals surface area (Å²) in [5.74, 6) is -0.850. The van der Waals surface area contributed by atoms with Gasteiger partial charge in [0.05, 0.1) is 17.6 Å². The maximum absolute atomic E-state index is 11.3. The summed E-state index contributed by atoms with van der Waals surface area (Å²) >= 11 is 0. The van der Waals surface area contributed by atoms with Crippen molar-refractivity contribution in [1.82, 2.24) is 5.32 Å². The van der Waals surface area contributed by atoms with Gasteiger partial charge < -0.3 is 20.6 Å². The van der Waals surface area contributed by atoms with E-state index in [-0.39, 0.29) is 10.8 Å². The van der Waals surface area contributed by atoms with Gasteiger partial charge in [0.1, 0.15) is 0 Å². The average Bonchev–Trinajstić information content (AvgIpc) is 2.46. The van der Waals surface area contributed by atoms with Crippen LogP contribution in [0.4, 0.5) is 0 Å². The number of hydrogen-bond donors (Lipinski definition) is 4. The number of carboxylic acids is 1. The molecule has 0 aromatic carbocycles. The molecular weight excluding hydrogens is 354 g/mol. The molecule has 166 valence electrons. The van der Waals surface area contributed by atoms with E-state index in [9.17, 15) is 20.1 Å². The van der Waals surface area contributed by atoms with Crippen molar-refractivity contribution in [1.29, 1.82) is 0 Å². The number of aliphatic carboxylic acids is 1. The Morgan fingerprint density at radius 3 is 1.82 bits per heavy atom. The molecule has 28 heavy (non-hydrogen) atoms. The van der Waals surface area contributed by atoms with Crippen LogP contribution >= 0.6 is 0 Å². The van der Waals surface area contributed by atoms with Crippen LogP contribution in [0.1, 0.15) is 81.6 Å². The fraction of sp³-hybridized carbons (Fsp3) is 0.870. The van der Waals surface area contributed by atoms with Gasteiger partial charge in [-0.2, -0.15) is 0 Å². The number of aliphatic hydroxyl groups is 2. The van der Waals surface area contributed by atoms with Crippen LogP contribution in [0.25, 0.3) is 0 Å². The van der Waals surface area contributed by atoms with E-state index in [4.69, 9.17) is 0 Å². The molecule has 2 unspecified atom stereocenters. The monoisotopic (exact) mass is 399 g/mol. The van der Waals surface area contributed by atoms with Crippen LogP contribution in [-0.2, 0) is 4.79 Å². The summed E-state index contributed by atoms with van der Waals surface area (Å²) in [6, 6.07) is 0. The Hall–Kier alpha value is -0.910. The van der Waals surface area contributed by atoms with E-state index in [1.807, 2.05) is 26.0 Å². The van der Waals surface area contributed by atoms with Crippen LogP contribution in [-0.4, -0.2) is 46.6 Å². The highest BCUT2D eigenvalue weighted by molar-refractivity contribution is 5.73. The van der Waals surface area contributed by atoms with Crippen molar-refractivity contribution < 1.29 is 20.1 Å². The molecule has 0 radical (unpaired) electrons. The Morgan fingerprint density at radius 1 is 0.857 bits per heavy atom. The highest BCUT2D eigenvalue weighted by Gasteiger charge is 2.38. The number of carboxylic acid groups (broad SMARTS) is 1. The molecule has 0 fully saturated rings. The van der Waals surface area contributed by atoms with E-state index in [1.165, 1.54) is 0 Å². The predicted octanol–water partition coefficient (Wildman–Crippen LogP) is 4.23. The van der Waals surface area contributed by atoms with Crippen molar-refractivity contribution >= 4 is 5.97 Å². The van der Waals surface area contributed by atoms with Crippen molar-refractivity contribution in [2.75, 3.05) is 13.1 Å². The minimum absolute atomic E-state index is 0.146. The van der Waals surface area contributed by atoms with E-state index in [2.05, 4.69) is 39.9 Å². The molecule has 0 aromatic heterocycles. The molecule has 2 atom stereocenters. The minimum Gasteiger partial charge on any atom is -0.481 e. The lowest BCUT2D eigenvalue weighted by atomic mass is 9.72. The molecule has 0 saturated heterocycles. The molecule has 0 amide bonds. The van der Waals surface area contributed by atoms with Crippen LogP contribution in [0.5, 0.6) is 0 Å². The molecule has 0 spiro atoms. The highest BCUT2D eigenvalue weighted by atomic mass is 16.4. The first kappa shape index (κ1) is 27.1. The van der Waals surface area contributed by atoms with Crippen molar-refractivity contribution in [2.45, 2.75) is 93.8 Å². The van der Waals surface area contributed by atoms with Crippen LogP contribution in [0.3, 0.4) is 0 Å². The third kappa shape index (κ3) is 10.0. The van der Waals surface area contributed by atoms with Crippen molar-refractivity contribution in [3.63, 3.8) is 0 Å². The fourth-order valence-corrected chi connectivity index (χ4v) is 4.02. The van der Waals surface area contributed by atoms with Gasteiger partial charge in [0.2, 0.25) is 0 Å². The zero-order valence-electron chi connectivity index (χ0n) is 19.6. The molecule has 4 N–H and O–H groups in total. The third-order valence-corrected chi connectivity index (χ3v) is 5.39. The standard InChI is InChI=1S/C23H45NO4/c1-20(2,3)15-21(4,5)17(25)12-10-11-13-24-14-18(26)22(6,7)16-23(8,9)19(27)28/h10-11,17-18,24-26H,12-16H2,1-9H3,(H,27,28)/b11-10-. The Labute approximate surface area is 172 Å². The number of rotatable bonds is 12. The first-order chi connectivity index (χ1) is 12.4. The van der Waals surface area contributed by atoms with Gasteiger partial charge in [-0.25, -0.2) is 0 Å². The van der Waals surface area contributed by atoms with E-state index >= 15 is 0 Å². The topological polar surface area (TPSA) is 89.8 Å². The summed E-state index contributed by atoms with van der Waals surface area (Å²) in [4.78, 5) is 11.3. The van der Waals surface area contributed by atoms with Crippen LogP contribution in [0.15, 0.2) is 12.2 Å². The smallest absolute Gasteiger partial charge is 0.309 e. The highest BCUT2D eigenvalue weighted by Crippen LogP contribution is 2.37. The number of carbonyl (C=O) groups is 1. The molecule has 0 rings (SSSR count). The van der Waals surface area contributed by atoms with Crippen LogP contribution < -0.4 is 5.32 Å². The van der Waals surface area contributed by atoms with Gasteiger partial charge in [-0.05, 0) is 49.4 Å². The second kappa shape index (κ2) is 10.2. The van der Waals surface area contributed by atoms with E-state index in [0.717, 1.165) is 6.42 Å². The first-order valence-electron chi connectivity index (χ1n) is 10.4. The van der Waals surface area contributed by atoms with Gasteiger partial charge in [-0.1, -0.05) is 60.6 Å². The van der Waals surface area contributed by atoms with Crippen molar-refractivity contribution in [3.8, 4) is 0 Å². The normalized spacial score (nSPS) is 16.4. The summed E-state index contributed by atoms with van der Waals surface area (Å²) in [6.45, 7) is 18.9. The van der Waals surface area contributed by atoms with Gasteiger partial charge in [0, 0.05) is 13.1 Å². The maximum atomic E-state index is 11.3. The summed E-state index contributed by atoms with van der Waals surface area (Å²) in [5, 5.41) is 33.4. The molecule has 0 aromatic rings. The molecule has 0 bridgehead atoms. The van der Waals surface area contributed by atoms with E-state index < -0.39 is 29.0 Å². The van der Waals surface area contributed by atoms with Crippen molar-refractivity contribution in [3.05, 3.63) is 12.2 Å². The lowest BCUT2D eigenvalue weighted by molar-refractivity contribution is -0.149. The van der Waals surface area contributed by atoms with Crippen LogP contribution in [0, 0.1) is 21.7 Å². The molecule has 0 heterocycles. The lowest BCUT2D eigenvalue weighted by Gasteiger charge is -2.36. The zero-order valence-corrected chi connectivity index (χ0v) is 19.6. The Balaban J connectivity index is 4.39. The molecule has 0 saturated carbocycles.